The Labute approximate surface area is 116 Å². The fraction of sp³-hybridized carbons (Fsp3) is 0.333. The fourth-order valence-electron chi connectivity index (χ4n) is 1.92. The van der Waals surface area contributed by atoms with E-state index in [9.17, 15) is 14.4 Å². The van der Waals surface area contributed by atoms with Crippen molar-refractivity contribution in [2.75, 3.05) is 5.32 Å². The molecule has 0 radical (unpaired) electrons. The van der Waals surface area contributed by atoms with Crippen LogP contribution in [-0.4, -0.2) is 22.7 Å². The van der Waals surface area contributed by atoms with Gasteiger partial charge in [0.15, 0.2) is 0 Å². The van der Waals surface area contributed by atoms with Crippen molar-refractivity contribution in [3.05, 3.63) is 23.9 Å². The van der Waals surface area contributed by atoms with Crippen molar-refractivity contribution in [1.29, 1.82) is 0 Å². The number of piperidine rings is 1. The second-order valence-corrected chi connectivity index (χ2v) is 4.16. The molecule has 102 valence electrons. The van der Waals surface area contributed by atoms with Gasteiger partial charge < -0.3 is 5.32 Å². The van der Waals surface area contributed by atoms with Crippen molar-refractivity contribution in [2.24, 2.45) is 0 Å². The number of carbonyl (C=O) groups is 3. The van der Waals surface area contributed by atoms with Crippen LogP contribution in [0.25, 0.3) is 0 Å². The van der Waals surface area contributed by atoms with Gasteiger partial charge in [-0.3, -0.25) is 19.7 Å². The van der Waals surface area contributed by atoms with Crippen LogP contribution in [0.1, 0.15) is 31.2 Å². The van der Waals surface area contributed by atoms with Gasteiger partial charge in [0.25, 0.3) is 0 Å². The smallest absolute Gasteiger partial charge is 0.234 e. The van der Waals surface area contributed by atoms with Crippen LogP contribution >= 0.6 is 12.4 Å². The van der Waals surface area contributed by atoms with E-state index < -0.39 is 0 Å². The molecule has 1 aromatic heterocycles. The molecule has 3 amide bonds. The number of anilines is 1. The minimum atomic E-state index is -0.363. The van der Waals surface area contributed by atoms with Crippen molar-refractivity contribution < 1.29 is 14.4 Å². The van der Waals surface area contributed by atoms with Crippen LogP contribution in [0.2, 0.25) is 0 Å². The molecule has 19 heavy (non-hydrogen) atoms. The van der Waals surface area contributed by atoms with E-state index in [1.165, 1.54) is 13.1 Å². The summed E-state index contributed by atoms with van der Waals surface area (Å²) in [4.78, 5) is 37.7. The third kappa shape index (κ3) is 3.75. The van der Waals surface area contributed by atoms with Gasteiger partial charge in [0.2, 0.25) is 17.7 Å². The SMILES string of the molecule is CC(=O)Nc1cc(C2CCC(=O)NC2=O)ccn1.Cl. The van der Waals surface area contributed by atoms with E-state index in [1.54, 1.807) is 12.1 Å². The zero-order valence-electron chi connectivity index (χ0n) is 10.3. The number of hydrogen-bond acceptors (Lipinski definition) is 4. The minimum Gasteiger partial charge on any atom is -0.311 e. The van der Waals surface area contributed by atoms with Gasteiger partial charge in [-0.15, -0.1) is 12.4 Å². The molecule has 1 atom stereocenters. The molecule has 1 aliphatic rings. The van der Waals surface area contributed by atoms with Gasteiger partial charge in [0.05, 0.1) is 5.92 Å². The van der Waals surface area contributed by atoms with Crippen molar-refractivity contribution >= 4 is 35.9 Å². The van der Waals surface area contributed by atoms with Crippen LogP contribution in [-0.2, 0) is 14.4 Å². The Hall–Kier alpha value is -1.95. The van der Waals surface area contributed by atoms with Gasteiger partial charge >= 0.3 is 0 Å². The molecule has 0 aromatic carbocycles. The molecule has 2 heterocycles. The molecule has 0 aliphatic carbocycles. The minimum absolute atomic E-state index is 0. The molecule has 2 N–H and O–H groups in total. The van der Waals surface area contributed by atoms with E-state index in [4.69, 9.17) is 0 Å². The fourth-order valence-corrected chi connectivity index (χ4v) is 1.92. The Bertz CT molecular complexity index is 519. The van der Waals surface area contributed by atoms with Crippen LogP contribution in [0.15, 0.2) is 18.3 Å². The third-order valence-corrected chi connectivity index (χ3v) is 2.73. The van der Waals surface area contributed by atoms with Crippen LogP contribution < -0.4 is 10.6 Å². The Morgan fingerprint density at radius 1 is 1.47 bits per heavy atom. The second-order valence-electron chi connectivity index (χ2n) is 4.16. The first kappa shape index (κ1) is 15.1. The first-order valence-corrected chi connectivity index (χ1v) is 5.63. The maximum absolute atomic E-state index is 11.7. The quantitative estimate of drug-likeness (QED) is 0.792. The van der Waals surface area contributed by atoms with Gasteiger partial charge in [0, 0.05) is 19.5 Å². The lowest BCUT2D eigenvalue weighted by molar-refractivity contribution is -0.134. The maximum atomic E-state index is 11.7. The van der Waals surface area contributed by atoms with Gasteiger partial charge in [0.1, 0.15) is 5.82 Å². The first-order chi connectivity index (χ1) is 8.56. The number of rotatable bonds is 2. The van der Waals surface area contributed by atoms with E-state index in [0.717, 1.165) is 5.56 Å². The number of halogens is 1. The predicted octanol–water partition coefficient (Wildman–Crippen LogP) is 0.982. The maximum Gasteiger partial charge on any atom is 0.234 e. The van der Waals surface area contributed by atoms with Crippen LogP contribution in [0, 0.1) is 0 Å². The zero-order valence-corrected chi connectivity index (χ0v) is 11.1. The lowest BCUT2D eigenvalue weighted by atomic mass is 9.91. The lowest BCUT2D eigenvalue weighted by Gasteiger charge is -2.21. The summed E-state index contributed by atoms with van der Waals surface area (Å²) < 4.78 is 0. The molecule has 1 aliphatic heterocycles. The highest BCUT2D eigenvalue weighted by Crippen LogP contribution is 2.25. The van der Waals surface area contributed by atoms with Crippen molar-refractivity contribution in [3.63, 3.8) is 0 Å². The average molecular weight is 284 g/mol. The Morgan fingerprint density at radius 2 is 2.21 bits per heavy atom. The highest BCUT2D eigenvalue weighted by Gasteiger charge is 2.28. The zero-order chi connectivity index (χ0) is 13.1. The van der Waals surface area contributed by atoms with Crippen LogP contribution in [0.3, 0.4) is 0 Å². The number of pyridine rings is 1. The molecule has 0 saturated carbocycles. The molecular weight excluding hydrogens is 270 g/mol. The standard InChI is InChI=1S/C12H13N3O3.ClH/c1-7(16)14-10-6-8(4-5-13-10)9-2-3-11(17)15-12(9)18;/h4-6,9H,2-3H2,1H3,(H,13,14,16)(H,15,17,18);1H. The van der Waals surface area contributed by atoms with Crippen molar-refractivity contribution in [2.45, 2.75) is 25.7 Å². The molecule has 0 spiro atoms. The number of aromatic nitrogens is 1. The van der Waals surface area contributed by atoms with E-state index in [0.29, 0.717) is 18.7 Å². The van der Waals surface area contributed by atoms with Gasteiger partial charge in [-0.1, -0.05) is 0 Å². The summed E-state index contributed by atoms with van der Waals surface area (Å²) >= 11 is 0. The summed E-state index contributed by atoms with van der Waals surface area (Å²) in [6.45, 7) is 1.39. The lowest BCUT2D eigenvalue weighted by Crippen LogP contribution is -2.39. The molecule has 1 fully saturated rings. The summed E-state index contributed by atoms with van der Waals surface area (Å²) in [7, 11) is 0. The monoisotopic (exact) mass is 283 g/mol. The topological polar surface area (TPSA) is 88.2 Å². The predicted molar refractivity (Wildman–Crippen MR) is 70.9 cm³/mol. The molecular formula is C12H14ClN3O3. The van der Waals surface area contributed by atoms with E-state index in [1.807, 2.05) is 0 Å². The normalized spacial score (nSPS) is 18.3. The van der Waals surface area contributed by atoms with Gasteiger partial charge in [-0.2, -0.15) is 0 Å². The number of carbonyl (C=O) groups excluding carboxylic acids is 3. The van der Waals surface area contributed by atoms with Crippen LogP contribution in [0.4, 0.5) is 5.82 Å². The third-order valence-electron chi connectivity index (χ3n) is 2.73. The molecule has 1 aromatic rings. The molecule has 1 unspecified atom stereocenters. The summed E-state index contributed by atoms with van der Waals surface area (Å²) in [6.07, 6.45) is 2.34. The highest BCUT2D eigenvalue weighted by molar-refractivity contribution is 6.01. The second kappa shape index (κ2) is 6.29. The number of amides is 3. The largest absolute Gasteiger partial charge is 0.311 e. The van der Waals surface area contributed by atoms with E-state index in [-0.39, 0.29) is 36.0 Å². The Balaban J connectivity index is 0.00000180. The average Bonchev–Trinajstić information content (AvgIpc) is 2.28. The number of imide groups is 1. The van der Waals surface area contributed by atoms with Crippen molar-refractivity contribution in [3.8, 4) is 0 Å². The van der Waals surface area contributed by atoms with E-state index >= 15 is 0 Å². The summed E-state index contributed by atoms with van der Waals surface area (Å²) in [5, 5.41) is 4.86. The Kier molecular flexibility index (Phi) is 5.00. The van der Waals surface area contributed by atoms with Crippen molar-refractivity contribution in [1.82, 2.24) is 10.3 Å². The van der Waals surface area contributed by atoms with Gasteiger partial charge in [-0.05, 0) is 24.1 Å². The van der Waals surface area contributed by atoms with E-state index in [2.05, 4.69) is 15.6 Å². The molecule has 1 saturated heterocycles. The van der Waals surface area contributed by atoms with Gasteiger partial charge in [-0.25, -0.2) is 4.98 Å². The molecule has 0 bridgehead atoms. The summed E-state index contributed by atoms with van der Waals surface area (Å²) in [6, 6.07) is 3.37. The summed E-state index contributed by atoms with van der Waals surface area (Å²) in [5.74, 6) is -0.718. The summed E-state index contributed by atoms with van der Waals surface area (Å²) in [5.41, 5.74) is 0.749. The molecule has 2 rings (SSSR count). The Morgan fingerprint density at radius 3 is 2.84 bits per heavy atom. The molecule has 6 nitrogen and oxygen atoms in total. The number of nitrogens with one attached hydrogen (secondary N) is 2. The number of nitrogens with zero attached hydrogens (tertiary/aromatic N) is 1. The highest BCUT2D eigenvalue weighted by atomic mass is 35.5. The molecule has 7 heteroatoms. The first-order valence-electron chi connectivity index (χ1n) is 5.63. The van der Waals surface area contributed by atoms with Crippen LogP contribution in [0.5, 0.6) is 0 Å². The number of hydrogen-bond donors (Lipinski definition) is 2.